The van der Waals surface area contributed by atoms with Gasteiger partial charge in [-0.15, -0.1) is 0 Å². The molecule has 1 heterocycles. The first kappa shape index (κ1) is 11.9. The van der Waals surface area contributed by atoms with E-state index in [0.717, 1.165) is 25.7 Å². The zero-order chi connectivity index (χ0) is 11.8. The number of halogens is 1. The van der Waals surface area contributed by atoms with Crippen LogP contribution in [0.3, 0.4) is 0 Å². The van der Waals surface area contributed by atoms with Gasteiger partial charge in [0.15, 0.2) is 5.03 Å². The molecule has 0 amide bonds. The van der Waals surface area contributed by atoms with Crippen molar-refractivity contribution in [3.05, 3.63) is 11.2 Å². The number of sulfonamides is 1. The fourth-order valence-corrected chi connectivity index (χ4v) is 3.98. The van der Waals surface area contributed by atoms with E-state index in [1.807, 2.05) is 0 Å². The number of hydrogen-bond acceptors (Lipinski definition) is 3. The van der Waals surface area contributed by atoms with E-state index in [4.69, 9.17) is 11.6 Å². The Balaban J connectivity index is 2.25. The topological polar surface area (TPSA) is 64.0 Å². The molecule has 7 heteroatoms. The van der Waals surface area contributed by atoms with E-state index in [1.165, 1.54) is 10.9 Å². The number of aromatic nitrogens is 2. The van der Waals surface area contributed by atoms with Crippen LogP contribution in [-0.4, -0.2) is 24.2 Å². The van der Waals surface area contributed by atoms with Crippen LogP contribution in [-0.2, 0) is 17.1 Å². The molecule has 1 aliphatic carbocycles. The Morgan fingerprint density at radius 2 is 2.12 bits per heavy atom. The first-order chi connectivity index (χ1) is 7.50. The third-order valence-corrected chi connectivity index (χ3v) is 4.80. The van der Waals surface area contributed by atoms with Crippen LogP contribution in [0.4, 0.5) is 0 Å². The Morgan fingerprint density at radius 3 is 2.62 bits per heavy atom. The molecule has 1 aromatic rings. The summed E-state index contributed by atoms with van der Waals surface area (Å²) >= 11 is 5.81. The van der Waals surface area contributed by atoms with Gasteiger partial charge in [0, 0.05) is 13.1 Å². The second kappa shape index (κ2) is 4.35. The average molecular weight is 264 g/mol. The highest BCUT2D eigenvalue weighted by atomic mass is 35.5. The van der Waals surface area contributed by atoms with Crippen molar-refractivity contribution >= 4 is 21.6 Å². The maximum atomic E-state index is 12.0. The summed E-state index contributed by atoms with van der Waals surface area (Å²) in [5.41, 5.74) is 0. The molecule has 1 aromatic heterocycles. The molecule has 5 nitrogen and oxygen atoms in total. The SMILES string of the molecule is Cn1ncc(Cl)c1S(=O)(=O)NC1CCCC1. The van der Waals surface area contributed by atoms with E-state index < -0.39 is 10.0 Å². The van der Waals surface area contributed by atoms with E-state index in [-0.39, 0.29) is 16.1 Å². The van der Waals surface area contributed by atoms with Gasteiger partial charge in [0.25, 0.3) is 10.0 Å². The van der Waals surface area contributed by atoms with Crippen LogP contribution >= 0.6 is 11.6 Å². The highest BCUT2D eigenvalue weighted by molar-refractivity contribution is 7.89. The third kappa shape index (κ3) is 2.23. The summed E-state index contributed by atoms with van der Waals surface area (Å²) in [5.74, 6) is 0. The molecule has 0 atom stereocenters. The van der Waals surface area contributed by atoms with E-state index in [2.05, 4.69) is 9.82 Å². The normalized spacial score (nSPS) is 18.1. The van der Waals surface area contributed by atoms with Crippen LogP contribution in [0.1, 0.15) is 25.7 Å². The molecule has 0 saturated heterocycles. The molecule has 1 fully saturated rings. The second-order valence-electron chi connectivity index (χ2n) is 4.02. The number of rotatable bonds is 3. The fraction of sp³-hybridized carbons (Fsp3) is 0.667. The molecule has 0 aliphatic heterocycles. The molecule has 1 aliphatic rings. The summed E-state index contributed by atoms with van der Waals surface area (Å²) in [7, 11) is -1.98. The van der Waals surface area contributed by atoms with Gasteiger partial charge >= 0.3 is 0 Å². The molecule has 0 aromatic carbocycles. The standard InChI is InChI=1S/C9H14ClN3O2S/c1-13-9(8(10)6-11-13)16(14,15)12-7-4-2-3-5-7/h6-7,12H,2-5H2,1H3. The molecule has 1 saturated carbocycles. The summed E-state index contributed by atoms with van der Waals surface area (Å²) in [6.07, 6.45) is 5.28. The van der Waals surface area contributed by atoms with Gasteiger partial charge in [-0.1, -0.05) is 24.4 Å². The minimum absolute atomic E-state index is 0.0379. The monoisotopic (exact) mass is 263 g/mol. The van der Waals surface area contributed by atoms with Crippen molar-refractivity contribution in [3.8, 4) is 0 Å². The lowest BCUT2D eigenvalue weighted by Crippen LogP contribution is -2.33. The Labute approximate surface area is 99.8 Å². The van der Waals surface area contributed by atoms with E-state index in [1.54, 1.807) is 7.05 Å². The van der Waals surface area contributed by atoms with Crippen molar-refractivity contribution in [3.63, 3.8) is 0 Å². The summed E-state index contributed by atoms with van der Waals surface area (Å²) < 4.78 is 28.0. The van der Waals surface area contributed by atoms with Crippen molar-refractivity contribution < 1.29 is 8.42 Å². The molecule has 0 radical (unpaired) electrons. The van der Waals surface area contributed by atoms with Crippen LogP contribution < -0.4 is 4.72 Å². The van der Waals surface area contributed by atoms with Crippen LogP contribution in [0.15, 0.2) is 11.2 Å². The molecule has 0 unspecified atom stereocenters. The van der Waals surface area contributed by atoms with Gasteiger partial charge in [-0.05, 0) is 12.8 Å². The van der Waals surface area contributed by atoms with Crippen molar-refractivity contribution in [2.45, 2.75) is 36.8 Å². The largest absolute Gasteiger partial charge is 0.259 e. The van der Waals surface area contributed by atoms with Crippen molar-refractivity contribution in [2.24, 2.45) is 7.05 Å². The lowest BCUT2D eigenvalue weighted by Gasteiger charge is -2.12. The maximum Gasteiger partial charge on any atom is 0.259 e. The van der Waals surface area contributed by atoms with Gasteiger partial charge in [-0.2, -0.15) is 5.10 Å². The van der Waals surface area contributed by atoms with Gasteiger partial charge in [-0.3, -0.25) is 4.68 Å². The van der Waals surface area contributed by atoms with Crippen LogP contribution in [0.2, 0.25) is 5.02 Å². The van der Waals surface area contributed by atoms with Gasteiger partial charge in [0.1, 0.15) is 0 Å². The van der Waals surface area contributed by atoms with Gasteiger partial charge in [0.05, 0.1) is 11.2 Å². The van der Waals surface area contributed by atoms with Crippen molar-refractivity contribution in [2.75, 3.05) is 0 Å². The molecular formula is C9H14ClN3O2S. The van der Waals surface area contributed by atoms with Crippen LogP contribution in [0.25, 0.3) is 0 Å². The third-order valence-electron chi connectivity index (χ3n) is 2.77. The second-order valence-corrected chi connectivity index (χ2v) is 6.06. The van der Waals surface area contributed by atoms with E-state index in [0.29, 0.717) is 0 Å². The molecule has 1 N–H and O–H groups in total. The van der Waals surface area contributed by atoms with E-state index in [9.17, 15) is 8.42 Å². The molecule has 16 heavy (non-hydrogen) atoms. The zero-order valence-electron chi connectivity index (χ0n) is 8.98. The first-order valence-corrected chi connectivity index (χ1v) is 7.06. The van der Waals surface area contributed by atoms with Gasteiger partial charge in [-0.25, -0.2) is 13.1 Å². The summed E-state index contributed by atoms with van der Waals surface area (Å²) in [4.78, 5) is 0. The molecular weight excluding hydrogens is 250 g/mol. The average Bonchev–Trinajstić information content (AvgIpc) is 2.76. The summed E-state index contributed by atoms with van der Waals surface area (Å²) in [6.45, 7) is 0. The number of aryl methyl sites for hydroxylation is 1. The smallest absolute Gasteiger partial charge is 0.255 e. The van der Waals surface area contributed by atoms with Crippen molar-refractivity contribution in [1.29, 1.82) is 0 Å². The quantitative estimate of drug-likeness (QED) is 0.894. The Kier molecular flexibility index (Phi) is 3.23. The molecule has 0 spiro atoms. The molecule has 90 valence electrons. The van der Waals surface area contributed by atoms with Crippen LogP contribution in [0.5, 0.6) is 0 Å². The molecule has 2 rings (SSSR count). The number of nitrogens with zero attached hydrogens (tertiary/aromatic N) is 2. The lowest BCUT2D eigenvalue weighted by atomic mass is 10.3. The number of nitrogens with one attached hydrogen (secondary N) is 1. The highest BCUT2D eigenvalue weighted by Gasteiger charge is 2.27. The maximum absolute atomic E-state index is 12.0. The van der Waals surface area contributed by atoms with Gasteiger partial charge in [0.2, 0.25) is 0 Å². The predicted molar refractivity (Wildman–Crippen MR) is 60.8 cm³/mol. The lowest BCUT2D eigenvalue weighted by molar-refractivity contribution is 0.538. The minimum atomic E-state index is -3.54. The Hall–Kier alpha value is -0.590. The fourth-order valence-electron chi connectivity index (χ4n) is 2.02. The molecule has 0 bridgehead atoms. The van der Waals surface area contributed by atoms with Crippen LogP contribution in [0, 0.1) is 0 Å². The minimum Gasteiger partial charge on any atom is -0.255 e. The Morgan fingerprint density at radius 1 is 1.50 bits per heavy atom. The number of hydrogen-bond donors (Lipinski definition) is 1. The summed E-state index contributed by atoms with van der Waals surface area (Å²) in [6, 6.07) is 0.0379. The van der Waals surface area contributed by atoms with Crippen molar-refractivity contribution in [1.82, 2.24) is 14.5 Å². The van der Waals surface area contributed by atoms with E-state index >= 15 is 0 Å². The highest BCUT2D eigenvalue weighted by Crippen LogP contribution is 2.23. The zero-order valence-corrected chi connectivity index (χ0v) is 10.6. The summed E-state index contributed by atoms with van der Waals surface area (Å²) in [5, 5.41) is 4.03. The predicted octanol–water partition coefficient (Wildman–Crippen LogP) is 1.29. The van der Waals surface area contributed by atoms with Gasteiger partial charge < -0.3 is 0 Å². The Bertz CT molecular complexity index is 457. The first-order valence-electron chi connectivity index (χ1n) is 5.20.